The number of Topliss-reactive ketones (excluding diaryl/α,β-unsaturated/α-hetero) is 1. The lowest BCUT2D eigenvalue weighted by molar-refractivity contribution is -0.120. The maximum atomic E-state index is 11.7. The number of hydrogen-bond donors (Lipinski definition) is 0. The maximum Gasteiger partial charge on any atom is 0.157 e. The molecule has 0 radical (unpaired) electrons. The molecule has 2 rings (SSSR count). The van der Waals surface area contributed by atoms with Crippen molar-refractivity contribution in [2.24, 2.45) is 7.05 Å². The molecule has 0 aliphatic carbocycles. The van der Waals surface area contributed by atoms with Gasteiger partial charge in [0.25, 0.3) is 0 Å². The zero-order valence-electron chi connectivity index (χ0n) is 8.20. The molecule has 1 saturated heterocycles. The molecule has 2 heterocycles. The van der Waals surface area contributed by atoms with Gasteiger partial charge in [-0.3, -0.25) is 14.4 Å². The van der Waals surface area contributed by atoms with E-state index in [-0.39, 0.29) is 11.8 Å². The molecule has 1 unspecified atom stereocenters. The Morgan fingerprint density at radius 3 is 2.71 bits per heavy atom. The molecule has 1 fully saturated rings. The molecule has 4 nitrogen and oxygen atoms in total. The molecule has 0 bridgehead atoms. The summed E-state index contributed by atoms with van der Waals surface area (Å²) >= 11 is 3.42. The van der Waals surface area contributed by atoms with Crippen LogP contribution in [-0.4, -0.2) is 34.1 Å². The van der Waals surface area contributed by atoms with Crippen molar-refractivity contribution in [1.29, 1.82) is 0 Å². The molecule has 14 heavy (non-hydrogen) atoms. The fraction of sp³-hybridized carbons (Fsp3) is 0.556. The molecule has 0 saturated carbocycles. The van der Waals surface area contributed by atoms with Gasteiger partial charge in [0.05, 0.1) is 16.4 Å². The van der Waals surface area contributed by atoms with Crippen LogP contribution in [0.3, 0.4) is 0 Å². The number of carbonyl (C=O) groups excluding carboxylic acids is 1. The summed E-state index contributed by atoms with van der Waals surface area (Å²) < 4.78 is 2.67. The predicted octanol–water partition coefficient (Wildman–Crippen LogP) is 1.13. The number of aromatic nitrogens is 2. The lowest BCUT2D eigenvalue weighted by Gasteiger charge is -2.18. The lowest BCUT2D eigenvalue weighted by atomic mass is 10.1. The fourth-order valence-electron chi connectivity index (χ4n) is 1.89. The Labute approximate surface area is 91.0 Å². The number of hydrogen-bond acceptors (Lipinski definition) is 3. The number of rotatable bonds is 1. The third-order valence-corrected chi connectivity index (χ3v) is 3.26. The van der Waals surface area contributed by atoms with Crippen LogP contribution in [0.5, 0.6) is 0 Å². The van der Waals surface area contributed by atoms with Gasteiger partial charge in [-0.25, -0.2) is 0 Å². The minimum absolute atomic E-state index is 0.128. The Morgan fingerprint density at radius 1 is 1.57 bits per heavy atom. The fourth-order valence-corrected chi connectivity index (χ4v) is 2.45. The SMILES string of the molecule is CN1CCC(=O)C1c1c(Br)cnn1C. The summed E-state index contributed by atoms with van der Waals surface area (Å²) in [5.41, 5.74) is 0.954. The highest BCUT2D eigenvalue weighted by Gasteiger charge is 2.34. The van der Waals surface area contributed by atoms with E-state index in [4.69, 9.17) is 0 Å². The highest BCUT2D eigenvalue weighted by molar-refractivity contribution is 9.10. The lowest BCUT2D eigenvalue weighted by Crippen LogP contribution is -2.23. The molecule has 1 atom stereocenters. The Bertz CT molecular complexity index is 355. The van der Waals surface area contributed by atoms with Gasteiger partial charge in [-0.1, -0.05) is 0 Å². The average Bonchev–Trinajstić information content (AvgIpc) is 2.60. The Morgan fingerprint density at radius 2 is 2.29 bits per heavy atom. The molecule has 5 heteroatoms. The van der Waals surface area contributed by atoms with E-state index in [9.17, 15) is 4.79 Å². The van der Waals surface area contributed by atoms with Gasteiger partial charge in [0.2, 0.25) is 0 Å². The summed E-state index contributed by atoms with van der Waals surface area (Å²) in [5.74, 6) is 0.275. The van der Waals surface area contributed by atoms with Crippen LogP contribution in [0.2, 0.25) is 0 Å². The van der Waals surface area contributed by atoms with Crippen LogP contribution in [0, 0.1) is 0 Å². The minimum Gasteiger partial charge on any atom is -0.297 e. The van der Waals surface area contributed by atoms with Crippen molar-refractivity contribution in [2.75, 3.05) is 13.6 Å². The molecular formula is C9H12BrN3O. The summed E-state index contributed by atoms with van der Waals surface area (Å²) in [6.45, 7) is 0.834. The van der Waals surface area contributed by atoms with E-state index < -0.39 is 0 Å². The maximum absolute atomic E-state index is 11.7. The van der Waals surface area contributed by atoms with E-state index in [0.717, 1.165) is 16.7 Å². The third-order valence-electron chi connectivity index (χ3n) is 2.65. The van der Waals surface area contributed by atoms with E-state index in [2.05, 4.69) is 25.9 Å². The Kier molecular flexibility index (Phi) is 2.45. The molecule has 0 aromatic carbocycles. The number of nitrogens with zero attached hydrogens (tertiary/aromatic N) is 3. The van der Waals surface area contributed by atoms with Gasteiger partial charge < -0.3 is 0 Å². The number of likely N-dealkylation sites (tertiary alicyclic amines) is 1. The number of carbonyl (C=O) groups is 1. The van der Waals surface area contributed by atoms with Gasteiger partial charge in [0.15, 0.2) is 5.78 Å². The predicted molar refractivity (Wildman–Crippen MR) is 55.9 cm³/mol. The van der Waals surface area contributed by atoms with Crippen LogP contribution >= 0.6 is 15.9 Å². The van der Waals surface area contributed by atoms with Crippen molar-refractivity contribution in [3.05, 3.63) is 16.4 Å². The third kappa shape index (κ3) is 1.40. The van der Waals surface area contributed by atoms with Gasteiger partial charge in [-0.2, -0.15) is 5.10 Å². The average molecular weight is 258 g/mol. The summed E-state index contributed by atoms with van der Waals surface area (Å²) in [5, 5.41) is 4.12. The first-order valence-corrected chi connectivity index (χ1v) is 5.31. The quantitative estimate of drug-likeness (QED) is 0.757. The molecule has 1 aromatic rings. The Hall–Kier alpha value is -0.680. The zero-order chi connectivity index (χ0) is 10.3. The smallest absolute Gasteiger partial charge is 0.157 e. The van der Waals surface area contributed by atoms with Crippen LogP contribution in [0.15, 0.2) is 10.7 Å². The van der Waals surface area contributed by atoms with Crippen molar-refractivity contribution in [1.82, 2.24) is 14.7 Å². The van der Waals surface area contributed by atoms with Gasteiger partial charge in [-0.05, 0) is 23.0 Å². The van der Waals surface area contributed by atoms with Crippen LogP contribution < -0.4 is 0 Å². The second-order valence-electron chi connectivity index (χ2n) is 3.60. The second kappa shape index (κ2) is 3.47. The van der Waals surface area contributed by atoms with Gasteiger partial charge >= 0.3 is 0 Å². The van der Waals surface area contributed by atoms with E-state index in [1.807, 2.05) is 14.1 Å². The summed E-state index contributed by atoms with van der Waals surface area (Å²) in [6.07, 6.45) is 2.37. The topological polar surface area (TPSA) is 38.1 Å². The standard InChI is InChI=1S/C9H12BrN3O/c1-12-4-3-7(14)9(12)8-6(10)5-11-13(8)2/h5,9H,3-4H2,1-2H3. The first-order chi connectivity index (χ1) is 6.61. The molecule has 1 aromatic heterocycles. The summed E-state index contributed by atoms with van der Waals surface area (Å²) in [6, 6.07) is -0.128. The van der Waals surface area contributed by atoms with Crippen molar-refractivity contribution < 1.29 is 4.79 Å². The van der Waals surface area contributed by atoms with Crippen molar-refractivity contribution >= 4 is 21.7 Å². The van der Waals surface area contributed by atoms with Gasteiger partial charge in [-0.15, -0.1) is 0 Å². The number of ketones is 1. The normalized spacial score (nSPS) is 23.4. The van der Waals surface area contributed by atoms with Crippen molar-refractivity contribution in [3.63, 3.8) is 0 Å². The Balaban J connectivity index is 2.43. The molecule has 1 aliphatic heterocycles. The molecule has 0 amide bonds. The van der Waals surface area contributed by atoms with E-state index in [0.29, 0.717) is 6.42 Å². The largest absolute Gasteiger partial charge is 0.297 e. The summed E-state index contributed by atoms with van der Waals surface area (Å²) in [7, 11) is 3.83. The molecule has 76 valence electrons. The van der Waals surface area contributed by atoms with E-state index in [1.165, 1.54) is 0 Å². The number of aryl methyl sites for hydroxylation is 1. The van der Waals surface area contributed by atoms with Crippen LogP contribution in [-0.2, 0) is 11.8 Å². The van der Waals surface area contributed by atoms with Gasteiger partial charge in [0, 0.05) is 20.0 Å². The van der Waals surface area contributed by atoms with Crippen molar-refractivity contribution in [3.8, 4) is 0 Å². The highest BCUT2D eigenvalue weighted by Crippen LogP contribution is 2.31. The van der Waals surface area contributed by atoms with Crippen molar-refractivity contribution in [2.45, 2.75) is 12.5 Å². The highest BCUT2D eigenvalue weighted by atomic mass is 79.9. The van der Waals surface area contributed by atoms with E-state index >= 15 is 0 Å². The second-order valence-corrected chi connectivity index (χ2v) is 4.46. The number of halogens is 1. The molecule has 1 aliphatic rings. The first-order valence-electron chi connectivity index (χ1n) is 4.51. The van der Waals surface area contributed by atoms with Crippen LogP contribution in [0.4, 0.5) is 0 Å². The van der Waals surface area contributed by atoms with E-state index in [1.54, 1.807) is 10.9 Å². The molecular weight excluding hydrogens is 246 g/mol. The summed E-state index contributed by atoms with van der Waals surface area (Å²) in [4.78, 5) is 13.7. The first kappa shape index (κ1) is 9.86. The van der Waals surface area contributed by atoms with Crippen LogP contribution in [0.25, 0.3) is 0 Å². The number of likely N-dealkylation sites (N-methyl/N-ethyl adjacent to an activating group) is 1. The molecule has 0 spiro atoms. The van der Waals surface area contributed by atoms with Crippen LogP contribution in [0.1, 0.15) is 18.2 Å². The monoisotopic (exact) mass is 257 g/mol. The molecule has 0 N–H and O–H groups in total. The van der Waals surface area contributed by atoms with Gasteiger partial charge in [0.1, 0.15) is 6.04 Å². The minimum atomic E-state index is -0.128. The zero-order valence-corrected chi connectivity index (χ0v) is 9.78.